The van der Waals surface area contributed by atoms with E-state index in [-0.39, 0.29) is 12.5 Å². The maximum Gasteiger partial charge on any atom is 0.259 e. The molecule has 0 saturated carbocycles. The number of carbonyl (C=O) groups excluding carboxylic acids is 1. The summed E-state index contributed by atoms with van der Waals surface area (Å²) in [7, 11) is 0. The van der Waals surface area contributed by atoms with Crippen molar-refractivity contribution in [1.82, 2.24) is 5.43 Å². The average Bonchev–Trinajstić information content (AvgIpc) is 2.49. The van der Waals surface area contributed by atoms with Gasteiger partial charge in [-0.15, -0.1) is 0 Å². The monoisotopic (exact) mass is 349 g/mol. The van der Waals surface area contributed by atoms with Gasteiger partial charge in [-0.05, 0) is 37.6 Å². The van der Waals surface area contributed by atoms with Crippen LogP contribution in [-0.4, -0.2) is 18.7 Å². The molecule has 0 aromatic heterocycles. The highest BCUT2D eigenvalue weighted by Gasteiger charge is 2.04. The minimum absolute atomic E-state index is 0.123. The lowest BCUT2D eigenvalue weighted by Crippen LogP contribution is -2.26. The number of nitrogens with zero attached hydrogens (tertiary/aromatic N) is 1. The molecule has 2 aromatic rings. The highest BCUT2D eigenvalue weighted by atomic mass is 35.5. The molecular weight excluding hydrogens is 333 g/mol. The van der Waals surface area contributed by atoms with Crippen LogP contribution in [0.2, 0.25) is 10.0 Å². The Hall–Kier alpha value is -2.04. The van der Waals surface area contributed by atoms with Gasteiger partial charge in [0.2, 0.25) is 0 Å². The van der Waals surface area contributed by atoms with E-state index in [1.165, 1.54) is 11.8 Å². The molecule has 120 valence electrons. The molecule has 0 aliphatic heterocycles. The van der Waals surface area contributed by atoms with E-state index >= 15 is 0 Å². The first-order valence-electron chi connectivity index (χ1n) is 7.04. The lowest BCUT2D eigenvalue weighted by molar-refractivity contribution is -0.119. The van der Waals surface area contributed by atoms with Gasteiger partial charge in [0.15, 0.2) is 0 Å². The SMILES string of the molecule is Cc1ccc(NCC(=O)N/N=C/c2c(Cl)cccc2Cl)c(C)c1. The molecule has 0 aliphatic carbocycles. The highest BCUT2D eigenvalue weighted by molar-refractivity contribution is 6.38. The van der Waals surface area contributed by atoms with Crippen molar-refractivity contribution in [2.75, 3.05) is 11.9 Å². The number of halogens is 2. The van der Waals surface area contributed by atoms with Crippen molar-refractivity contribution < 1.29 is 4.79 Å². The lowest BCUT2D eigenvalue weighted by Gasteiger charge is -2.09. The first-order chi connectivity index (χ1) is 11.0. The molecule has 4 nitrogen and oxygen atoms in total. The number of rotatable bonds is 5. The van der Waals surface area contributed by atoms with E-state index in [9.17, 15) is 4.79 Å². The Kier molecular flexibility index (Phi) is 6.02. The molecule has 0 atom stereocenters. The Balaban J connectivity index is 1.89. The zero-order valence-electron chi connectivity index (χ0n) is 12.9. The maximum absolute atomic E-state index is 11.8. The number of benzene rings is 2. The summed E-state index contributed by atoms with van der Waals surface area (Å²) in [6.45, 7) is 4.14. The summed E-state index contributed by atoms with van der Waals surface area (Å²) < 4.78 is 0. The summed E-state index contributed by atoms with van der Waals surface area (Å²) in [6.07, 6.45) is 1.43. The summed E-state index contributed by atoms with van der Waals surface area (Å²) in [4.78, 5) is 11.8. The number of nitrogens with one attached hydrogen (secondary N) is 2. The molecule has 23 heavy (non-hydrogen) atoms. The molecule has 0 unspecified atom stereocenters. The van der Waals surface area contributed by atoms with Crippen LogP contribution in [0, 0.1) is 13.8 Å². The Morgan fingerprint density at radius 2 is 1.87 bits per heavy atom. The fourth-order valence-electron chi connectivity index (χ4n) is 2.03. The predicted octanol–water partition coefficient (Wildman–Crippen LogP) is 4.17. The van der Waals surface area contributed by atoms with E-state index in [4.69, 9.17) is 23.2 Å². The van der Waals surface area contributed by atoms with Crippen LogP contribution >= 0.6 is 23.2 Å². The fourth-order valence-corrected chi connectivity index (χ4v) is 2.52. The van der Waals surface area contributed by atoms with Crippen LogP contribution in [0.25, 0.3) is 0 Å². The van der Waals surface area contributed by atoms with Crippen LogP contribution in [-0.2, 0) is 4.79 Å². The van der Waals surface area contributed by atoms with Crippen LogP contribution in [0.4, 0.5) is 5.69 Å². The Labute approximate surface area is 145 Å². The molecule has 0 saturated heterocycles. The summed E-state index contributed by atoms with van der Waals surface area (Å²) in [5, 5.41) is 7.90. The van der Waals surface area contributed by atoms with Gasteiger partial charge in [0.25, 0.3) is 5.91 Å². The van der Waals surface area contributed by atoms with E-state index < -0.39 is 0 Å². The summed E-state index contributed by atoms with van der Waals surface area (Å²) in [5.74, 6) is -0.260. The fraction of sp³-hybridized carbons (Fsp3) is 0.176. The molecule has 2 N–H and O–H groups in total. The molecule has 0 bridgehead atoms. The zero-order valence-corrected chi connectivity index (χ0v) is 14.4. The standard InChI is InChI=1S/C17H17Cl2N3O/c1-11-6-7-16(12(2)8-11)20-10-17(23)22-21-9-13-14(18)4-3-5-15(13)19/h3-9,20H,10H2,1-2H3,(H,22,23)/b21-9+. The quantitative estimate of drug-likeness (QED) is 0.628. The highest BCUT2D eigenvalue weighted by Crippen LogP contribution is 2.22. The van der Waals surface area contributed by atoms with Crippen molar-refractivity contribution in [2.24, 2.45) is 5.10 Å². The van der Waals surface area contributed by atoms with Crippen molar-refractivity contribution in [3.8, 4) is 0 Å². The second-order valence-corrected chi connectivity index (χ2v) is 5.91. The van der Waals surface area contributed by atoms with Gasteiger partial charge < -0.3 is 5.32 Å². The first kappa shape index (κ1) is 17.3. The molecular formula is C17H17Cl2N3O. The minimum Gasteiger partial charge on any atom is -0.376 e. The second kappa shape index (κ2) is 7.99. The third-order valence-electron chi connectivity index (χ3n) is 3.20. The Bertz CT molecular complexity index is 724. The molecule has 6 heteroatoms. The van der Waals surface area contributed by atoms with Gasteiger partial charge in [-0.2, -0.15) is 5.10 Å². The van der Waals surface area contributed by atoms with Gasteiger partial charge in [0, 0.05) is 11.3 Å². The van der Waals surface area contributed by atoms with E-state index in [1.807, 2.05) is 26.0 Å². The number of hydrogen-bond donors (Lipinski definition) is 2. The predicted molar refractivity (Wildman–Crippen MR) is 96.6 cm³/mol. The summed E-state index contributed by atoms with van der Waals surface area (Å²) in [5.41, 5.74) is 6.19. The molecule has 0 spiro atoms. The zero-order chi connectivity index (χ0) is 16.8. The molecule has 0 radical (unpaired) electrons. The van der Waals surface area contributed by atoms with Crippen molar-refractivity contribution in [1.29, 1.82) is 0 Å². The first-order valence-corrected chi connectivity index (χ1v) is 7.80. The van der Waals surface area contributed by atoms with E-state index in [1.54, 1.807) is 18.2 Å². The van der Waals surface area contributed by atoms with Gasteiger partial charge in [-0.1, -0.05) is 47.0 Å². The third-order valence-corrected chi connectivity index (χ3v) is 3.86. The average molecular weight is 350 g/mol. The second-order valence-electron chi connectivity index (χ2n) is 5.10. The Morgan fingerprint density at radius 1 is 1.17 bits per heavy atom. The van der Waals surface area contributed by atoms with Gasteiger partial charge in [0.05, 0.1) is 22.8 Å². The van der Waals surface area contributed by atoms with Crippen molar-refractivity contribution >= 4 is 41.0 Å². The number of hydrogen-bond acceptors (Lipinski definition) is 3. The number of hydrazone groups is 1. The molecule has 1 amide bonds. The smallest absolute Gasteiger partial charge is 0.259 e. The molecule has 0 fully saturated rings. The van der Waals surface area contributed by atoms with Crippen molar-refractivity contribution in [2.45, 2.75) is 13.8 Å². The third kappa shape index (κ3) is 4.98. The molecule has 2 aromatic carbocycles. The van der Waals surface area contributed by atoms with Crippen LogP contribution in [0.3, 0.4) is 0 Å². The number of amides is 1. The summed E-state index contributed by atoms with van der Waals surface area (Å²) in [6, 6.07) is 11.2. The van der Waals surface area contributed by atoms with E-state index in [0.717, 1.165) is 11.3 Å². The van der Waals surface area contributed by atoms with E-state index in [0.29, 0.717) is 15.6 Å². The number of carbonyl (C=O) groups is 1. The lowest BCUT2D eigenvalue weighted by atomic mass is 10.1. The van der Waals surface area contributed by atoms with Crippen molar-refractivity contribution in [3.63, 3.8) is 0 Å². The topological polar surface area (TPSA) is 53.5 Å². The number of anilines is 1. The van der Waals surface area contributed by atoms with Gasteiger partial charge >= 0.3 is 0 Å². The largest absolute Gasteiger partial charge is 0.376 e. The number of aryl methyl sites for hydroxylation is 2. The maximum atomic E-state index is 11.8. The van der Waals surface area contributed by atoms with Gasteiger partial charge in [-0.25, -0.2) is 5.43 Å². The van der Waals surface area contributed by atoms with Crippen LogP contribution < -0.4 is 10.7 Å². The Morgan fingerprint density at radius 3 is 2.52 bits per heavy atom. The van der Waals surface area contributed by atoms with Crippen LogP contribution in [0.15, 0.2) is 41.5 Å². The molecule has 0 aliphatic rings. The van der Waals surface area contributed by atoms with Crippen LogP contribution in [0.5, 0.6) is 0 Å². The van der Waals surface area contributed by atoms with Crippen LogP contribution in [0.1, 0.15) is 16.7 Å². The van der Waals surface area contributed by atoms with Gasteiger partial charge in [-0.3, -0.25) is 4.79 Å². The van der Waals surface area contributed by atoms with Crippen molar-refractivity contribution in [3.05, 3.63) is 63.1 Å². The summed E-state index contributed by atoms with van der Waals surface area (Å²) >= 11 is 12.0. The van der Waals surface area contributed by atoms with E-state index in [2.05, 4.69) is 21.9 Å². The molecule has 2 rings (SSSR count). The minimum atomic E-state index is -0.260. The van der Waals surface area contributed by atoms with Gasteiger partial charge in [0.1, 0.15) is 0 Å². The molecule has 0 heterocycles. The normalized spacial score (nSPS) is 10.8.